The summed E-state index contributed by atoms with van der Waals surface area (Å²) < 4.78 is 6.44. The second-order valence-electron chi connectivity index (χ2n) is 14.5. The van der Waals surface area contributed by atoms with E-state index in [1.165, 1.54) is 44.1 Å². The predicted octanol–water partition coefficient (Wildman–Crippen LogP) is 7.40. The smallest absolute Gasteiger partial charge is 0.133 e. The maximum absolute atomic E-state index is 12.3. The predicted molar refractivity (Wildman–Crippen MR) is 160 cm³/mol. The molecule has 5 unspecified atom stereocenters. The SMILES string of the molecule is C#C[C@]1(O)CCC2C3CCC4CC(=O)CC[C@]4(C)C3CC[C@@]21CCOc1cccc(C(C)NC2CCCCC2)c1. The van der Waals surface area contributed by atoms with Crippen LogP contribution in [-0.2, 0) is 4.79 Å². The number of ketones is 1. The summed E-state index contributed by atoms with van der Waals surface area (Å²) in [5.74, 6) is 6.52. The molecule has 2 N–H and O–H groups in total. The van der Waals surface area contributed by atoms with E-state index in [-0.39, 0.29) is 10.8 Å². The van der Waals surface area contributed by atoms with Gasteiger partial charge in [-0.25, -0.2) is 0 Å². The summed E-state index contributed by atoms with van der Waals surface area (Å²) in [5.41, 5.74) is 0.215. The first kappa shape index (κ1) is 28.3. The summed E-state index contributed by atoms with van der Waals surface area (Å²) in [7, 11) is 0. The first-order valence-corrected chi connectivity index (χ1v) is 16.5. The Morgan fingerprint density at radius 2 is 1.88 bits per heavy atom. The molecule has 4 nitrogen and oxygen atoms in total. The number of carbonyl (C=O) groups excluding carboxylic acids is 1. The zero-order valence-corrected chi connectivity index (χ0v) is 24.9. The maximum atomic E-state index is 12.3. The number of hydrogen-bond acceptors (Lipinski definition) is 4. The minimum Gasteiger partial charge on any atom is -0.494 e. The second-order valence-corrected chi connectivity index (χ2v) is 14.5. The summed E-state index contributed by atoms with van der Waals surface area (Å²) >= 11 is 0. The lowest BCUT2D eigenvalue weighted by molar-refractivity contribution is -0.154. The molecule has 0 bridgehead atoms. The number of Topliss-reactive ketones (excluding diaryl/α,β-unsaturated/α-hetero) is 1. The maximum Gasteiger partial charge on any atom is 0.133 e. The van der Waals surface area contributed by atoms with E-state index in [0.29, 0.717) is 54.6 Å². The lowest BCUT2D eigenvalue weighted by atomic mass is 9.44. The Labute approximate surface area is 242 Å². The molecule has 5 aliphatic carbocycles. The fourth-order valence-electron chi connectivity index (χ4n) is 10.6. The Kier molecular flexibility index (Phi) is 7.86. The lowest BCUT2D eigenvalue weighted by Gasteiger charge is -2.61. The fourth-order valence-corrected chi connectivity index (χ4v) is 10.6. The van der Waals surface area contributed by atoms with E-state index in [9.17, 15) is 9.90 Å². The molecule has 8 atom stereocenters. The van der Waals surface area contributed by atoms with Crippen LogP contribution in [0.15, 0.2) is 24.3 Å². The molecule has 6 rings (SSSR count). The molecule has 5 fully saturated rings. The van der Waals surface area contributed by atoms with Crippen molar-refractivity contribution in [1.29, 1.82) is 0 Å². The molecule has 0 aliphatic heterocycles. The monoisotopic (exact) mass is 545 g/mol. The van der Waals surface area contributed by atoms with Crippen LogP contribution in [0.2, 0.25) is 0 Å². The van der Waals surface area contributed by atoms with Crippen molar-refractivity contribution in [2.75, 3.05) is 6.61 Å². The number of fused-ring (bicyclic) bond motifs is 5. The van der Waals surface area contributed by atoms with Crippen LogP contribution in [-0.4, -0.2) is 29.1 Å². The van der Waals surface area contributed by atoms with Gasteiger partial charge in [0.15, 0.2) is 0 Å². The minimum atomic E-state index is -1.05. The molecular weight excluding hydrogens is 494 g/mol. The van der Waals surface area contributed by atoms with Crippen molar-refractivity contribution < 1.29 is 14.6 Å². The fraction of sp³-hybridized carbons (Fsp3) is 0.750. The molecule has 1 aromatic rings. The Morgan fingerprint density at radius 3 is 2.67 bits per heavy atom. The highest BCUT2D eigenvalue weighted by Gasteiger charge is 2.66. The van der Waals surface area contributed by atoms with Crippen LogP contribution in [0.3, 0.4) is 0 Å². The number of aliphatic hydroxyl groups is 1. The highest BCUT2D eigenvalue weighted by molar-refractivity contribution is 5.79. The molecule has 5 aliphatic rings. The zero-order valence-electron chi connectivity index (χ0n) is 24.9. The molecular formula is C36H51NO3. The van der Waals surface area contributed by atoms with Crippen LogP contribution < -0.4 is 10.1 Å². The number of benzene rings is 1. The van der Waals surface area contributed by atoms with Gasteiger partial charge in [-0.15, -0.1) is 6.42 Å². The van der Waals surface area contributed by atoms with Crippen molar-refractivity contribution in [2.45, 2.75) is 128 Å². The molecule has 1 aromatic carbocycles. The number of ether oxygens (including phenoxy) is 1. The minimum absolute atomic E-state index is 0.263. The summed E-state index contributed by atoms with van der Waals surface area (Å²) in [6.45, 7) is 5.33. The largest absolute Gasteiger partial charge is 0.494 e. The third-order valence-electron chi connectivity index (χ3n) is 12.8. The van der Waals surface area contributed by atoms with Gasteiger partial charge in [-0.1, -0.05) is 44.2 Å². The normalized spacial score (nSPS) is 40.4. The molecule has 0 amide bonds. The van der Waals surface area contributed by atoms with E-state index in [2.05, 4.69) is 49.4 Å². The van der Waals surface area contributed by atoms with Gasteiger partial charge in [0.05, 0.1) is 6.61 Å². The van der Waals surface area contributed by atoms with Crippen molar-refractivity contribution in [1.82, 2.24) is 5.32 Å². The van der Waals surface area contributed by atoms with Gasteiger partial charge in [-0.05, 0) is 118 Å². The highest BCUT2D eigenvalue weighted by Crippen LogP contribution is 2.69. The van der Waals surface area contributed by atoms with E-state index in [1.807, 2.05) is 0 Å². The van der Waals surface area contributed by atoms with Gasteiger partial charge in [0.1, 0.15) is 17.1 Å². The lowest BCUT2D eigenvalue weighted by Crippen LogP contribution is -2.57. The first-order chi connectivity index (χ1) is 19.3. The summed E-state index contributed by atoms with van der Waals surface area (Å²) in [6, 6.07) is 9.50. The first-order valence-electron chi connectivity index (χ1n) is 16.5. The van der Waals surface area contributed by atoms with Gasteiger partial charge in [-0.2, -0.15) is 0 Å². The van der Waals surface area contributed by atoms with Gasteiger partial charge in [0.2, 0.25) is 0 Å². The van der Waals surface area contributed by atoms with Crippen LogP contribution in [0, 0.1) is 46.8 Å². The molecule has 0 heterocycles. The molecule has 40 heavy (non-hydrogen) atoms. The van der Waals surface area contributed by atoms with Crippen molar-refractivity contribution in [3.05, 3.63) is 29.8 Å². The highest BCUT2D eigenvalue weighted by atomic mass is 16.5. The zero-order chi connectivity index (χ0) is 28.0. The quantitative estimate of drug-likeness (QED) is 0.351. The Hall–Kier alpha value is -1.83. The van der Waals surface area contributed by atoms with Crippen molar-refractivity contribution in [3.63, 3.8) is 0 Å². The Balaban J connectivity index is 1.15. The number of rotatable bonds is 7. The van der Waals surface area contributed by atoms with Gasteiger partial charge in [0.25, 0.3) is 0 Å². The third-order valence-corrected chi connectivity index (χ3v) is 12.8. The van der Waals surface area contributed by atoms with Crippen molar-refractivity contribution >= 4 is 5.78 Å². The van der Waals surface area contributed by atoms with E-state index in [4.69, 9.17) is 11.2 Å². The molecule has 4 heteroatoms. The van der Waals surface area contributed by atoms with Gasteiger partial charge >= 0.3 is 0 Å². The Morgan fingerprint density at radius 1 is 1.07 bits per heavy atom. The number of carbonyl (C=O) groups is 1. The number of hydrogen-bond donors (Lipinski definition) is 2. The number of nitrogens with one attached hydrogen (secondary N) is 1. The van der Waals surface area contributed by atoms with Crippen LogP contribution in [0.5, 0.6) is 5.75 Å². The average molecular weight is 546 g/mol. The van der Waals surface area contributed by atoms with Crippen LogP contribution in [0.1, 0.15) is 122 Å². The topological polar surface area (TPSA) is 58.6 Å². The summed E-state index contributed by atoms with van der Waals surface area (Å²) in [5, 5.41) is 15.7. The second kappa shape index (κ2) is 11.1. The van der Waals surface area contributed by atoms with Crippen molar-refractivity contribution in [3.8, 4) is 18.1 Å². The van der Waals surface area contributed by atoms with E-state index >= 15 is 0 Å². The van der Waals surface area contributed by atoms with Crippen LogP contribution in [0.25, 0.3) is 0 Å². The summed E-state index contributed by atoms with van der Waals surface area (Å²) in [6.07, 6.45) is 22.2. The molecule has 0 radical (unpaired) electrons. The van der Waals surface area contributed by atoms with E-state index in [0.717, 1.165) is 57.1 Å². The van der Waals surface area contributed by atoms with Gasteiger partial charge in [-0.3, -0.25) is 4.79 Å². The molecule has 0 aromatic heterocycles. The van der Waals surface area contributed by atoms with Crippen molar-refractivity contribution in [2.24, 2.45) is 34.5 Å². The molecule has 218 valence electrons. The van der Waals surface area contributed by atoms with E-state index < -0.39 is 5.60 Å². The van der Waals surface area contributed by atoms with Crippen LogP contribution >= 0.6 is 0 Å². The summed E-state index contributed by atoms with van der Waals surface area (Å²) in [4.78, 5) is 12.3. The van der Waals surface area contributed by atoms with E-state index in [1.54, 1.807) is 0 Å². The average Bonchev–Trinajstić information content (AvgIpc) is 3.27. The van der Waals surface area contributed by atoms with Gasteiger partial charge < -0.3 is 15.2 Å². The Bertz CT molecular complexity index is 1120. The van der Waals surface area contributed by atoms with Gasteiger partial charge in [0, 0.05) is 30.3 Å². The standard InChI is InChI=1S/C36H51NO3/c1-4-36(39)20-17-33-31-14-13-27-24-29(38)15-18-34(27,3)32(31)16-19-35(33,36)21-22-40-30-12-8-9-26(23-30)25(2)37-28-10-6-5-7-11-28/h1,8-9,12,23,25,27-28,31-33,37,39H,5-7,10-11,13-22,24H2,2-3H3/t25?,27?,31?,32?,33?,34-,35+,36-/m0/s1. The number of terminal acetylenes is 1. The molecule has 0 spiro atoms. The van der Waals surface area contributed by atoms with Crippen LogP contribution in [0.4, 0.5) is 0 Å². The molecule has 5 saturated carbocycles. The molecule has 0 saturated heterocycles. The third kappa shape index (κ3) is 4.84.